The summed E-state index contributed by atoms with van der Waals surface area (Å²) in [5, 5.41) is 8.69. The van der Waals surface area contributed by atoms with Gasteiger partial charge in [-0.25, -0.2) is 0 Å². The van der Waals surface area contributed by atoms with Gasteiger partial charge >= 0.3 is 0 Å². The molecule has 0 spiro atoms. The fourth-order valence-electron chi connectivity index (χ4n) is 6.10. The molecule has 1 heterocycles. The van der Waals surface area contributed by atoms with Crippen molar-refractivity contribution in [1.29, 1.82) is 0 Å². The first-order chi connectivity index (χ1) is 19.0. The van der Waals surface area contributed by atoms with Crippen LogP contribution in [0.5, 0.6) is 0 Å². The van der Waals surface area contributed by atoms with E-state index in [4.69, 9.17) is 0 Å². The first kappa shape index (κ1) is 23.3. The topological polar surface area (TPSA) is 17.0 Å². The van der Waals surface area contributed by atoms with Crippen molar-refractivity contribution in [2.24, 2.45) is 0 Å². The van der Waals surface area contributed by atoms with Crippen molar-refractivity contribution in [3.63, 3.8) is 0 Å². The number of nitrogens with zero attached hydrogens (tertiary/aromatic N) is 1. The molecule has 7 aromatic rings. The summed E-state index contributed by atoms with van der Waals surface area (Å²) in [6.07, 6.45) is 0. The number of benzene rings is 6. The van der Waals surface area contributed by atoms with Crippen molar-refractivity contribution in [3.05, 3.63) is 138 Å². The number of fused-ring (bicyclic) bond motifs is 4. The minimum Gasteiger partial charge on any atom is -0.356 e. The van der Waals surface area contributed by atoms with Crippen LogP contribution >= 0.6 is 0 Å². The fourth-order valence-corrected chi connectivity index (χ4v) is 6.10. The van der Waals surface area contributed by atoms with Crippen molar-refractivity contribution in [1.82, 2.24) is 4.57 Å². The Bertz CT molecular complexity index is 1990. The maximum absolute atomic E-state index is 3.64. The van der Waals surface area contributed by atoms with Gasteiger partial charge in [-0.05, 0) is 96.3 Å². The average molecular weight is 503 g/mol. The predicted octanol–water partition coefficient (Wildman–Crippen LogP) is 10.3. The number of aromatic nitrogens is 1. The van der Waals surface area contributed by atoms with Gasteiger partial charge in [-0.2, -0.15) is 0 Å². The molecule has 0 fully saturated rings. The molecule has 0 bridgehead atoms. The van der Waals surface area contributed by atoms with Gasteiger partial charge in [-0.15, -0.1) is 0 Å². The van der Waals surface area contributed by atoms with E-state index in [-0.39, 0.29) is 0 Å². The largest absolute Gasteiger partial charge is 0.356 e. The number of aryl methyl sites for hydroxylation is 3. The third kappa shape index (κ3) is 4.06. The molecule has 0 atom stereocenters. The smallest absolute Gasteiger partial charge is 0.0542 e. The summed E-state index contributed by atoms with van der Waals surface area (Å²) < 4.78 is 2.43. The zero-order valence-electron chi connectivity index (χ0n) is 22.5. The standard InChI is InChI=1S/C37H30N2/c1-24-20-25(2)37(26(3)21-24)39-35-11-7-6-10-33(35)34-23-32(18-19-36(34)39)38-31-16-14-28(15-17-31)30-13-12-27-8-4-5-9-29(27)22-30/h4-23,38H,1-3H3. The van der Waals surface area contributed by atoms with Crippen molar-refractivity contribution in [2.45, 2.75) is 20.8 Å². The van der Waals surface area contributed by atoms with E-state index in [1.807, 2.05) is 0 Å². The number of para-hydroxylation sites is 1. The summed E-state index contributed by atoms with van der Waals surface area (Å²) in [7, 11) is 0. The van der Waals surface area contributed by atoms with Gasteiger partial charge in [0.1, 0.15) is 0 Å². The third-order valence-electron chi connectivity index (χ3n) is 7.79. The number of hydrogen-bond acceptors (Lipinski definition) is 1. The Morgan fingerprint density at radius 3 is 1.92 bits per heavy atom. The Kier molecular flexibility index (Phi) is 5.49. The molecule has 0 unspecified atom stereocenters. The van der Waals surface area contributed by atoms with Crippen LogP contribution in [-0.4, -0.2) is 4.57 Å². The molecule has 6 aromatic carbocycles. The molecule has 7 rings (SSSR count). The molecule has 0 saturated carbocycles. The summed E-state index contributed by atoms with van der Waals surface area (Å²) in [5.74, 6) is 0. The van der Waals surface area contributed by atoms with Crippen LogP contribution in [0.3, 0.4) is 0 Å². The quantitative estimate of drug-likeness (QED) is 0.253. The Hall–Kier alpha value is -4.82. The van der Waals surface area contributed by atoms with Crippen LogP contribution in [-0.2, 0) is 0 Å². The van der Waals surface area contributed by atoms with Gasteiger partial charge in [-0.3, -0.25) is 0 Å². The average Bonchev–Trinajstić information content (AvgIpc) is 3.26. The van der Waals surface area contributed by atoms with E-state index in [0.717, 1.165) is 11.4 Å². The van der Waals surface area contributed by atoms with Gasteiger partial charge < -0.3 is 9.88 Å². The van der Waals surface area contributed by atoms with E-state index in [1.54, 1.807) is 0 Å². The van der Waals surface area contributed by atoms with E-state index in [9.17, 15) is 0 Å². The van der Waals surface area contributed by atoms with Gasteiger partial charge in [0.05, 0.1) is 16.7 Å². The Labute approximate surface area is 229 Å². The molecule has 0 aliphatic carbocycles. The highest BCUT2D eigenvalue weighted by Crippen LogP contribution is 2.36. The third-order valence-corrected chi connectivity index (χ3v) is 7.79. The lowest BCUT2D eigenvalue weighted by atomic mass is 10.0. The Morgan fingerprint density at radius 1 is 0.487 bits per heavy atom. The molecule has 0 aliphatic heterocycles. The lowest BCUT2D eigenvalue weighted by Gasteiger charge is -2.15. The Balaban J connectivity index is 1.26. The van der Waals surface area contributed by atoms with Gasteiger partial charge in [0.2, 0.25) is 0 Å². The van der Waals surface area contributed by atoms with E-state index in [1.165, 1.54) is 66.1 Å². The van der Waals surface area contributed by atoms with E-state index in [2.05, 4.69) is 152 Å². The molecule has 0 aliphatic rings. The summed E-state index contributed by atoms with van der Waals surface area (Å²) in [4.78, 5) is 0. The van der Waals surface area contributed by atoms with Crippen molar-refractivity contribution < 1.29 is 0 Å². The second-order valence-electron chi connectivity index (χ2n) is 10.6. The summed E-state index contributed by atoms with van der Waals surface area (Å²) in [5.41, 5.74) is 12.2. The molecular formula is C37H30N2. The SMILES string of the molecule is Cc1cc(C)c(-n2c3ccccc3c3cc(Nc4ccc(-c5ccc6ccccc6c5)cc4)ccc32)c(C)c1. The van der Waals surface area contributed by atoms with Crippen LogP contribution in [0.25, 0.3) is 49.4 Å². The van der Waals surface area contributed by atoms with Crippen molar-refractivity contribution in [2.75, 3.05) is 5.32 Å². The first-order valence-corrected chi connectivity index (χ1v) is 13.5. The molecule has 39 heavy (non-hydrogen) atoms. The molecule has 1 aromatic heterocycles. The van der Waals surface area contributed by atoms with Gasteiger partial charge in [-0.1, -0.05) is 84.4 Å². The van der Waals surface area contributed by atoms with Gasteiger partial charge in [0.15, 0.2) is 0 Å². The highest BCUT2D eigenvalue weighted by atomic mass is 15.0. The monoisotopic (exact) mass is 502 g/mol. The molecule has 0 radical (unpaired) electrons. The summed E-state index contributed by atoms with van der Waals surface area (Å²) >= 11 is 0. The van der Waals surface area contributed by atoms with Crippen LogP contribution in [0.2, 0.25) is 0 Å². The van der Waals surface area contributed by atoms with Crippen LogP contribution in [0.4, 0.5) is 11.4 Å². The first-order valence-electron chi connectivity index (χ1n) is 13.5. The number of rotatable bonds is 4. The molecule has 0 saturated heterocycles. The molecule has 1 N–H and O–H groups in total. The maximum atomic E-state index is 3.64. The second-order valence-corrected chi connectivity index (χ2v) is 10.6. The Morgan fingerprint density at radius 2 is 1.13 bits per heavy atom. The van der Waals surface area contributed by atoms with Crippen molar-refractivity contribution in [3.8, 4) is 16.8 Å². The van der Waals surface area contributed by atoms with E-state index < -0.39 is 0 Å². The number of nitrogens with one attached hydrogen (secondary N) is 1. The maximum Gasteiger partial charge on any atom is 0.0542 e. The van der Waals surface area contributed by atoms with Crippen molar-refractivity contribution >= 4 is 44.0 Å². The van der Waals surface area contributed by atoms with E-state index in [0.29, 0.717) is 0 Å². The lowest BCUT2D eigenvalue weighted by molar-refractivity contribution is 1.11. The molecule has 0 amide bonds. The zero-order chi connectivity index (χ0) is 26.5. The van der Waals surface area contributed by atoms with Crippen LogP contribution in [0.15, 0.2) is 121 Å². The minimum absolute atomic E-state index is 1.08. The van der Waals surface area contributed by atoms with Gasteiger partial charge in [0, 0.05) is 22.1 Å². The summed E-state index contributed by atoms with van der Waals surface area (Å²) in [6.45, 7) is 6.60. The number of anilines is 2. The highest BCUT2D eigenvalue weighted by molar-refractivity contribution is 6.10. The minimum atomic E-state index is 1.08. The molecule has 188 valence electrons. The van der Waals surface area contributed by atoms with Crippen LogP contribution in [0, 0.1) is 20.8 Å². The highest BCUT2D eigenvalue weighted by Gasteiger charge is 2.16. The molecule has 2 heteroatoms. The van der Waals surface area contributed by atoms with Gasteiger partial charge in [0.25, 0.3) is 0 Å². The zero-order valence-corrected chi connectivity index (χ0v) is 22.5. The molecular weight excluding hydrogens is 472 g/mol. The lowest BCUT2D eigenvalue weighted by Crippen LogP contribution is -2.01. The van der Waals surface area contributed by atoms with E-state index >= 15 is 0 Å². The number of hydrogen-bond donors (Lipinski definition) is 1. The van der Waals surface area contributed by atoms with Crippen LogP contribution < -0.4 is 5.32 Å². The predicted molar refractivity (Wildman–Crippen MR) is 168 cm³/mol. The van der Waals surface area contributed by atoms with Crippen LogP contribution in [0.1, 0.15) is 16.7 Å². The normalized spacial score (nSPS) is 11.5. The second kappa shape index (κ2) is 9.18. The summed E-state index contributed by atoms with van der Waals surface area (Å²) in [6, 6.07) is 43.9. The molecule has 2 nitrogen and oxygen atoms in total. The fraction of sp³-hybridized carbons (Fsp3) is 0.0811.